The second-order valence-corrected chi connectivity index (χ2v) is 5.64. The fourth-order valence-corrected chi connectivity index (χ4v) is 2.89. The first-order chi connectivity index (χ1) is 7.71. The number of rotatable bonds is 2. The van der Waals surface area contributed by atoms with Crippen molar-refractivity contribution in [1.29, 1.82) is 0 Å². The van der Waals surface area contributed by atoms with Gasteiger partial charge >= 0.3 is 0 Å². The van der Waals surface area contributed by atoms with Crippen molar-refractivity contribution in [2.24, 2.45) is 5.41 Å². The molecule has 92 valence electrons. The standard InChI is InChI=1S/C13H24N2O/c1-13(7-3-2-4-8-13)12(16)15-11-6-5-9-14-10-11/h11,14H,2-10H2,1H3,(H,15,16)/t11-/m0/s1. The summed E-state index contributed by atoms with van der Waals surface area (Å²) in [4.78, 5) is 12.2. The second kappa shape index (κ2) is 5.17. The van der Waals surface area contributed by atoms with Crippen molar-refractivity contribution in [2.45, 2.75) is 57.9 Å². The lowest BCUT2D eigenvalue weighted by atomic mass is 9.75. The molecule has 0 unspecified atom stereocenters. The van der Waals surface area contributed by atoms with Crippen LogP contribution in [0, 0.1) is 5.41 Å². The first kappa shape index (κ1) is 11.9. The van der Waals surface area contributed by atoms with Crippen LogP contribution in [-0.2, 0) is 4.79 Å². The van der Waals surface area contributed by atoms with Crippen molar-refractivity contribution >= 4 is 5.91 Å². The number of piperidine rings is 1. The topological polar surface area (TPSA) is 41.1 Å². The molecular formula is C13H24N2O. The third-order valence-corrected chi connectivity index (χ3v) is 4.14. The minimum Gasteiger partial charge on any atom is -0.352 e. The molecule has 0 aromatic rings. The lowest BCUT2D eigenvalue weighted by Gasteiger charge is -2.34. The van der Waals surface area contributed by atoms with Crippen molar-refractivity contribution in [3.63, 3.8) is 0 Å². The maximum atomic E-state index is 12.2. The maximum absolute atomic E-state index is 12.2. The number of hydrogen-bond acceptors (Lipinski definition) is 2. The highest BCUT2D eigenvalue weighted by Gasteiger charge is 2.35. The third kappa shape index (κ3) is 2.76. The molecule has 0 aromatic carbocycles. The third-order valence-electron chi connectivity index (χ3n) is 4.14. The van der Waals surface area contributed by atoms with E-state index in [1.54, 1.807) is 0 Å². The average Bonchev–Trinajstić information content (AvgIpc) is 2.31. The highest BCUT2D eigenvalue weighted by atomic mass is 16.2. The van der Waals surface area contributed by atoms with Gasteiger partial charge in [0.25, 0.3) is 0 Å². The molecule has 2 rings (SSSR count). The van der Waals surface area contributed by atoms with E-state index in [0.717, 1.165) is 32.4 Å². The minimum absolute atomic E-state index is 0.0876. The summed E-state index contributed by atoms with van der Waals surface area (Å²) in [6.45, 7) is 4.18. The summed E-state index contributed by atoms with van der Waals surface area (Å²) in [6, 6.07) is 0.361. The SMILES string of the molecule is CC1(C(=O)N[C@H]2CCCNC2)CCCCC1. The van der Waals surface area contributed by atoms with Gasteiger partial charge in [-0.2, -0.15) is 0 Å². The van der Waals surface area contributed by atoms with Gasteiger partial charge in [0, 0.05) is 18.0 Å². The Bertz CT molecular complexity index is 240. The zero-order valence-electron chi connectivity index (χ0n) is 10.3. The molecular weight excluding hydrogens is 200 g/mol. The van der Waals surface area contributed by atoms with E-state index < -0.39 is 0 Å². The van der Waals surface area contributed by atoms with Crippen molar-refractivity contribution < 1.29 is 4.79 Å². The molecule has 1 saturated carbocycles. The Morgan fingerprint density at radius 3 is 2.62 bits per heavy atom. The van der Waals surface area contributed by atoms with Crippen molar-refractivity contribution in [3.05, 3.63) is 0 Å². The van der Waals surface area contributed by atoms with Crippen LogP contribution in [0.2, 0.25) is 0 Å². The Hall–Kier alpha value is -0.570. The number of amides is 1. The van der Waals surface area contributed by atoms with Crippen LogP contribution >= 0.6 is 0 Å². The Labute approximate surface area is 98.4 Å². The van der Waals surface area contributed by atoms with E-state index in [9.17, 15) is 4.79 Å². The lowest BCUT2D eigenvalue weighted by molar-refractivity contribution is -0.132. The fraction of sp³-hybridized carbons (Fsp3) is 0.923. The molecule has 16 heavy (non-hydrogen) atoms. The van der Waals surface area contributed by atoms with Crippen molar-refractivity contribution in [2.75, 3.05) is 13.1 Å². The highest BCUT2D eigenvalue weighted by Crippen LogP contribution is 2.35. The van der Waals surface area contributed by atoms with Crippen LogP contribution in [0.3, 0.4) is 0 Å². The zero-order chi connectivity index (χ0) is 11.4. The molecule has 0 spiro atoms. The summed E-state index contributed by atoms with van der Waals surface area (Å²) in [7, 11) is 0. The van der Waals surface area contributed by atoms with Crippen LogP contribution in [0.1, 0.15) is 51.9 Å². The van der Waals surface area contributed by atoms with E-state index in [2.05, 4.69) is 17.6 Å². The Balaban J connectivity index is 1.85. The lowest BCUT2D eigenvalue weighted by Crippen LogP contribution is -2.50. The second-order valence-electron chi connectivity index (χ2n) is 5.64. The minimum atomic E-state index is -0.0876. The van der Waals surface area contributed by atoms with Crippen LogP contribution in [0.5, 0.6) is 0 Å². The number of carbonyl (C=O) groups is 1. The van der Waals surface area contributed by atoms with E-state index >= 15 is 0 Å². The van der Waals surface area contributed by atoms with E-state index in [1.165, 1.54) is 25.7 Å². The summed E-state index contributed by atoms with van der Waals surface area (Å²) < 4.78 is 0. The van der Waals surface area contributed by atoms with Gasteiger partial charge in [-0.15, -0.1) is 0 Å². The zero-order valence-corrected chi connectivity index (χ0v) is 10.3. The molecule has 3 heteroatoms. The van der Waals surface area contributed by atoms with Gasteiger partial charge in [0.15, 0.2) is 0 Å². The molecule has 1 saturated heterocycles. The Kier molecular flexibility index (Phi) is 3.85. The van der Waals surface area contributed by atoms with Crippen LogP contribution in [-0.4, -0.2) is 25.0 Å². The molecule has 2 aliphatic rings. The van der Waals surface area contributed by atoms with E-state index in [4.69, 9.17) is 0 Å². The average molecular weight is 224 g/mol. The fourth-order valence-electron chi connectivity index (χ4n) is 2.89. The predicted octanol–water partition coefficient (Wildman–Crippen LogP) is 1.82. The van der Waals surface area contributed by atoms with Crippen molar-refractivity contribution in [3.8, 4) is 0 Å². The van der Waals surface area contributed by atoms with Gasteiger partial charge in [0.2, 0.25) is 5.91 Å². The Morgan fingerprint density at radius 1 is 1.25 bits per heavy atom. The quantitative estimate of drug-likeness (QED) is 0.751. The monoisotopic (exact) mass is 224 g/mol. The summed E-state index contributed by atoms with van der Waals surface area (Å²) >= 11 is 0. The molecule has 2 fully saturated rings. The van der Waals surface area contributed by atoms with Crippen LogP contribution in [0.4, 0.5) is 0 Å². The molecule has 0 radical (unpaired) electrons. The molecule has 1 aliphatic carbocycles. The normalized spacial score (nSPS) is 29.7. The van der Waals surface area contributed by atoms with Gasteiger partial charge in [0.05, 0.1) is 0 Å². The van der Waals surface area contributed by atoms with E-state index in [1.807, 2.05) is 0 Å². The molecule has 3 nitrogen and oxygen atoms in total. The van der Waals surface area contributed by atoms with E-state index in [0.29, 0.717) is 11.9 Å². The predicted molar refractivity (Wildman–Crippen MR) is 65.2 cm³/mol. The van der Waals surface area contributed by atoms with Crippen LogP contribution in [0.15, 0.2) is 0 Å². The van der Waals surface area contributed by atoms with Gasteiger partial charge in [-0.25, -0.2) is 0 Å². The summed E-state index contributed by atoms with van der Waals surface area (Å²) in [5.41, 5.74) is -0.0876. The van der Waals surface area contributed by atoms with Gasteiger partial charge < -0.3 is 10.6 Å². The number of nitrogens with one attached hydrogen (secondary N) is 2. The number of hydrogen-bond donors (Lipinski definition) is 2. The van der Waals surface area contributed by atoms with Crippen LogP contribution in [0.25, 0.3) is 0 Å². The molecule has 1 aliphatic heterocycles. The van der Waals surface area contributed by atoms with Gasteiger partial charge in [-0.3, -0.25) is 4.79 Å². The molecule has 0 aromatic heterocycles. The molecule has 1 amide bonds. The maximum Gasteiger partial charge on any atom is 0.226 e. The molecule has 1 atom stereocenters. The van der Waals surface area contributed by atoms with Gasteiger partial charge in [0.1, 0.15) is 0 Å². The van der Waals surface area contributed by atoms with Gasteiger partial charge in [-0.1, -0.05) is 26.2 Å². The van der Waals surface area contributed by atoms with Crippen molar-refractivity contribution in [1.82, 2.24) is 10.6 Å². The summed E-state index contributed by atoms with van der Waals surface area (Å²) in [5, 5.41) is 6.57. The summed E-state index contributed by atoms with van der Waals surface area (Å²) in [5.74, 6) is 0.293. The smallest absolute Gasteiger partial charge is 0.226 e. The summed E-state index contributed by atoms with van der Waals surface area (Å²) in [6.07, 6.45) is 8.18. The number of carbonyl (C=O) groups excluding carboxylic acids is 1. The van der Waals surface area contributed by atoms with Gasteiger partial charge in [-0.05, 0) is 32.2 Å². The van der Waals surface area contributed by atoms with Crippen LogP contribution < -0.4 is 10.6 Å². The highest BCUT2D eigenvalue weighted by molar-refractivity contribution is 5.82. The largest absolute Gasteiger partial charge is 0.352 e. The van der Waals surface area contributed by atoms with E-state index in [-0.39, 0.29) is 5.41 Å². The Morgan fingerprint density at radius 2 is 2.00 bits per heavy atom. The molecule has 0 bridgehead atoms. The molecule has 1 heterocycles. The first-order valence-corrected chi connectivity index (χ1v) is 6.72. The first-order valence-electron chi connectivity index (χ1n) is 6.72. The molecule has 2 N–H and O–H groups in total.